The Morgan fingerprint density at radius 1 is 1.03 bits per heavy atom. The van der Waals surface area contributed by atoms with E-state index in [0.717, 1.165) is 0 Å². The molecule has 152 valence electrons. The van der Waals surface area contributed by atoms with E-state index in [9.17, 15) is 9.59 Å². The molecule has 0 bridgehead atoms. The molecule has 0 aromatic heterocycles. The van der Waals surface area contributed by atoms with Gasteiger partial charge >= 0.3 is 5.97 Å². The number of hydrogen-bond acceptors (Lipinski definition) is 5. The third-order valence-electron chi connectivity index (χ3n) is 4.84. The summed E-state index contributed by atoms with van der Waals surface area (Å²) in [7, 11) is 1.58. The first-order chi connectivity index (χ1) is 14.6. The predicted octanol–water partition coefficient (Wildman–Crippen LogP) is 3.93. The Morgan fingerprint density at radius 2 is 1.73 bits per heavy atom. The minimum Gasteiger partial charge on any atom is -0.497 e. The summed E-state index contributed by atoms with van der Waals surface area (Å²) in [4.78, 5) is 26.1. The summed E-state index contributed by atoms with van der Waals surface area (Å²) in [5.74, 6) is -0.177. The predicted molar refractivity (Wildman–Crippen MR) is 112 cm³/mol. The van der Waals surface area contributed by atoms with Crippen molar-refractivity contribution in [3.05, 3.63) is 83.9 Å². The summed E-state index contributed by atoms with van der Waals surface area (Å²) in [6.07, 6.45) is -0.592. The Balaban J connectivity index is 1.81. The first-order valence-electron chi connectivity index (χ1n) is 9.35. The van der Waals surface area contributed by atoms with Crippen LogP contribution < -0.4 is 19.7 Å². The van der Waals surface area contributed by atoms with Gasteiger partial charge in [-0.1, -0.05) is 30.3 Å². The topological polar surface area (TPSA) is 88.1 Å². The number of fused-ring (bicyclic) bond motifs is 1. The Labute approximate surface area is 173 Å². The third kappa shape index (κ3) is 3.65. The number of para-hydroxylation sites is 2. The van der Waals surface area contributed by atoms with Crippen LogP contribution in [0.25, 0.3) is 0 Å². The van der Waals surface area contributed by atoms with Gasteiger partial charge in [0.05, 0.1) is 12.7 Å². The van der Waals surface area contributed by atoms with E-state index in [4.69, 9.17) is 14.6 Å². The monoisotopic (exact) mass is 404 g/mol. The molecule has 0 fully saturated rings. The third-order valence-corrected chi connectivity index (χ3v) is 4.84. The summed E-state index contributed by atoms with van der Waals surface area (Å²) in [5, 5.41) is 12.4. The molecule has 4 rings (SSSR count). The van der Waals surface area contributed by atoms with Gasteiger partial charge in [0.25, 0.3) is 5.91 Å². The molecule has 0 spiro atoms. The fourth-order valence-electron chi connectivity index (χ4n) is 3.46. The summed E-state index contributed by atoms with van der Waals surface area (Å²) in [6, 6.07) is 21.5. The number of methoxy groups -OCH3 is 1. The lowest BCUT2D eigenvalue weighted by molar-refractivity contribution is -0.139. The van der Waals surface area contributed by atoms with E-state index in [1.807, 2.05) is 30.3 Å². The van der Waals surface area contributed by atoms with Crippen LogP contribution in [0.4, 0.5) is 11.4 Å². The van der Waals surface area contributed by atoms with E-state index in [0.29, 0.717) is 34.0 Å². The van der Waals surface area contributed by atoms with Crippen molar-refractivity contribution in [3.63, 3.8) is 0 Å². The molecule has 0 radical (unpaired) electrons. The molecule has 30 heavy (non-hydrogen) atoms. The normalized spacial score (nSPS) is 15.2. The second-order valence-corrected chi connectivity index (χ2v) is 6.69. The summed E-state index contributed by atoms with van der Waals surface area (Å²) in [6.45, 7) is -0.475. The molecular weight excluding hydrogens is 384 g/mol. The molecule has 2 N–H and O–H groups in total. The number of carbonyl (C=O) groups is 2. The van der Waals surface area contributed by atoms with Crippen molar-refractivity contribution in [2.24, 2.45) is 0 Å². The zero-order valence-corrected chi connectivity index (χ0v) is 16.2. The number of nitrogens with one attached hydrogen (secondary N) is 1. The average Bonchev–Trinajstić information content (AvgIpc) is 2.78. The van der Waals surface area contributed by atoms with Crippen LogP contribution in [0.1, 0.15) is 22.1 Å². The van der Waals surface area contributed by atoms with Gasteiger partial charge in [-0.25, -0.2) is 4.79 Å². The van der Waals surface area contributed by atoms with E-state index >= 15 is 0 Å². The van der Waals surface area contributed by atoms with Crippen LogP contribution in [0.5, 0.6) is 11.5 Å². The second-order valence-electron chi connectivity index (χ2n) is 6.69. The minimum absolute atomic E-state index is 0.174. The maximum Gasteiger partial charge on any atom is 0.341 e. The molecule has 3 aromatic carbocycles. The number of amides is 1. The highest BCUT2D eigenvalue weighted by atomic mass is 16.5. The van der Waals surface area contributed by atoms with E-state index in [1.54, 1.807) is 54.5 Å². The highest BCUT2D eigenvalue weighted by molar-refractivity contribution is 6.12. The second kappa shape index (κ2) is 8.16. The quantitative estimate of drug-likeness (QED) is 0.647. The van der Waals surface area contributed by atoms with Gasteiger partial charge in [0.15, 0.2) is 6.61 Å². The molecule has 0 unspecified atom stereocenters. The number of hydrogen-bond donors (Lipinski definition) is 2. The number of nitrogens with zero attached hydrogens (tertiary/aromatic N) is 1. The number of benzene rings is 3. The van der Waals surface area contributed by atoms with Gasteiger partial charge in [-0.05, 0) is 42.5 Å². The highest BCUT2D eigenvalue weighted by Gasteiger charge is 2.35. The zero-order valence-electron chi connectivity index (χ0n) is 16.2. The summed E-state index contributed by atoms with van der Waals surface area (Å²) >= 11 is 0. The zero-order chi connectivity index (χ0) is 21.1. The molecule has 1 amide bonds. The fourth-order valence-corrected chi connectivity index (χ4v) is 3.46. The Bertz CT molecular complexity index is 1080. The lowest BCUT2D eigenvalue weighted by Crippen LogP contribution is -2.43. The maximum atomic E-state index is 13.5. The molecule has 7 heteroatoms. The minimum atomic E-state index is -1.07. The molecule has 1 aliphatic rings. The Hall–Kier alpha value is -4.00. The van der Waals surface area contributed by atoms with Crippen LogP contribution in [0.15, 0.2) is 72.8 Å². The van der Waals surface area contributed by atoms with Gasteiger partial charge in [-0.15, -0.1) is 0 Å². The lowest BCUT2D eigenvalue weighted by Gasteiger charge is -2.38. The van der Waals surface area contributed by atoms with Gasteiger partial charge in [0.2, 0.25) is 0 Å². The smallest absolute Gasteiger partial charge is 0.341 e. The fraction of sp³-hybridized carbons (Fsp3) is 0.130. The molecule has 7 nitrogen and oxygen atoms in total. The van der Waals surface area contributed by atoms with E-state index < -0.39 is 18.7 Å². The number of carbonyl (C=O) groups excluding carboxylic acids is 1. The highest BCUT2D eigenvalue weighted by Crippen LogP contribution is 2.39. The average molecular weight is 404 g/mol. The standard InChI is InChI=1S/C23H20N2O5/c1-29-16-12-10-15(11-13-16)25-22(24-19-8-4-2-6-17(19)23(25)28)18-7-3-5-9-20(18)30-14-21(26)27/h2-13,22,24H,14H2,1H3,(H,26,27)/t22-/m0/s1. The van der Waals surface area contributed by atoms with Crippen molar-refractivity contribution in [1.29, 1.82) is 0 Å². The molecule has 0 saturated heterocycles. The maximum absolute atomic E-state index is 13.5. The number of anilines is 2. The lowest BCUT2D eigenvalue weighted by atomic mass is 10.0. The molecule has 1 atom stereocenters. The van der Waals surface area contributed by atoms with Crippen molar-refractivity contribution in [2.45, 2.75) is 6.17 Å². The molecule has 1 heterocycles. The van der Waals surface area contributed by atoms with Gasteiger partial charge in [-0.2, -0.15) is 0 Å². The number of ether oxygens (including phenoxy) is 2. The molecule has 0 aliphatic carbocycles. The summed E-state index contributed by atoms with van der Waals surface area (Å²) < 4.78 is 10.7. The molecule has 0 saturated carbocycles. The Kier molecular flexibility index (Phi) is 5.26. The molecular formula is C23H20N2O5. The van der Waals surface area contributed by atoms with E-state index in [2.05, 4.69) is 5.32 Å². The van der Waals surface area contributed by atoms with Crippen molar-refractivity contribution >= 4 is 23.3 Å². The number of aliphatic carboxylic acids is 1. The van der Waals surface area contributed by atoms with Crippen LogP contribution in [-0.2, 0) is 4.79 Å². The Morgan fingerprint density at radius 3 is 2.47 bits per heavy atom. The van der Waals surface area contributed by atoms with E-state index in [-0.39, 0.29) is 5.91 Å². The molecule has 1 aliphatic heterocycles. The van der Waals surface area contributed by atoms with Crippen molar-refractivity contribution in [1.82, 2.24) is 0 Å². The van der Waals surface area contributed by atoms with E-state index in [1.165, 1.54) is 0 Å². The van der Waals surface area contributed by atoms with Crippen LogP contribution in [-0.4, -0.2) is 30.7 Å². The van der Waals surface area contributed by atoms with Gasteiger partial charge in [0.1, 0.15) is 17.7 Å². The van der Waals surface area contributed by atoms with Gasteiger partial charge < -0.3 is 19.9 Å². The van der Waals surface area contributed by atoms with Crippen molar-refractivity contribution in [3.8, 4) is 11.5 Å². The van der Waals surface area contributed by atoms with Crippen molar-refractivity contribution < 1.29 is 24.2 Å². The number of carboxylic acids is 1. The number of carboxylic acid groups (broad SMARTS) is 1. The van der Waals surface area contributed by atoms with Crippen molar-refractivity contribution in [2.75, 3.05) is 23.9 Å². The van der Waals surface area contributed by atoms with Crippen LogP contribution >= 0.6 is 0 Å². The molecule has 3 aromatic rings. The largest absolute Gasteiger partial charge is 0.497 e. The van der Waals surface area contributed by atoms with Crippen LogP contribution in [0.3, 0.4) is 0 Å². The first-order valence-corrected chi connectivity index (χ1v) is 9.35. The first kappa shape index (κ1) is 19.3. The van der Waals surface area contributed by atoms with Crippen LogP contribution in [0, 0.1) is 0 Å². The SMILES string of the molecule is COc1ccc(N2C(=O)c3ccccc3N[C@@H]2c2ccccc2OCC(=O)O)cc1. The number of rotatable bonds is 6. The van der Waals surface area contributed by atoms with Crippen LogP contribution in [0.2, 0.25) is 0 Å². The van der Waals surface area contributed by atoms with Gasteiger partial charge in [0, 0.05) is 16.9 Å². The van der Waals surface area contributed by atoms with Gasteiger partial charge in [-0.3, -0.25) is 9.69 Å². The summed E-state index contributed by atoms with van der Waals surface area (Å²) in [5.41, 5.74) is 2.57.